The first-order valence-electron chi connectivity index (χ1n) is 9.26. The molecule has 1 N–H and O–H groups in total. The van der Waals surface area contributed by atoms with Gasteiger partial charge in [-0.05, 0) is 54.4 Å². The number of benzene rings is 2. The number of hydrogen-bond donors (Lipinski definition) is 1. The van der Waals surface area contributed by atoms with Crippen molar-refractivity contribution >= 4 is 17.1 Å². The lowest BCUT2D eigenvalue weighted by Gasteiger charge is -2.22. The van der Waals surface area contributed by atoms with Gasteiger partial charge in [0.1, 0.15) is 18.5 Å². The van der Waals surface area contributed by atoms with Crippen molar-refractivity contribution in [3.8, 4) is 0 Å². The molecule has 0 atom stereocenters. The molecule has 5 nitrogen and oxygen atoms in total. The predicted octanol–water partition coefficient (Wildman–Crippen LogP) is 4.35. The number of anilines is 3. The molecule has 0 spiro atoms. The van der Waals surface area contributed by atoms with E-state index in [4.69, 9.17) is 0 Å². The number of hydrogen-bond acceptors (Lipinski definition) is 4. The summed E-state index contributed by atoms with van der Waals surface area (Å²) < 4.78 is 15.0. The van der Waals surface area contributed by atoms with Gasteiger partial charge in [0.2, 0.25) is 0 Å². The fourth-order valence-corrected chi connectivity index (χ4v) is 3.75. The number of aryl methyl sites for hydroxylation is 1. The summed E-state index contributed by atoms with van der Waals surface area (Å²) in [5, 5.41) is 7.54. The van der Waals surface area contributed by atoms with Gasteiger partial charge in [-0.15, -0.1) is 0 Å². The molecule has 140 valence electrons. The largest absolute Gasteiger partial charge is 0.370 e. The van der Waals surface area contributed by atoms with Gasteiger partial charge in [-0.1, -0.05) is 13.8 Å². The highest BCUT2D eigenvalue weighted by Gasteiger charge is 2.34. The van der Waals surface area contributed by atoms with E-state index in [1.807, 2.05) is 4.68 Å². The lowest BCUT2D eigenvalue weighted by molar-refractivity contribution is 0.526. The minimum atomic E-state index is -0.225. The Bertz CT molecular complexity index is 903. The quantitative estimate of drug-likeness (QED) is 0.705. The van der Waals surface area contributed by atoms with Crippen LogP contribution in [0.4, 0.5) is 21.5 Å². The third-order valence-corrected chi connectivity index (χ3v) is 5.07. The first-order chi connectivity index (χ1) is 13.0. The molecule has 0 bridgehead atoms. The average Bonchev–Trinajstić information content (AvgIpc) is 3.24. The van der Waals surface area contributed by atoms with Gasteiger partial charge in [0, 0.05) is 42.1 Å². The van der Waals surface area contributed by atoms with E-state index < -0.39 is 0 Å². The molecular weight excluding hydrogens is 341 g/mol. The smallest absolute Gasteiger partial charge is 0.137 e. The van der Waals surface area contributed by atoms with Crippen molar-refractivity contribution in [1.29, 1.82) is 0 Å². The SMILES string of the molecule is CC1(C)CN(CCCn2cncn2)c2ccc(Nc3ccc(F)cc3)cc21. The van der Waals surface area contributed by atoms with Crippen LogP contribution in [-0.4, -0.2) is 27.9 Å². The minimum Gasteiger partial charge on any atom is -0.370 e. The maximum absolute atomic E-state index is 13.1. The van der Waals surface area contributed by atoms with Crippen LogP contribution < -0.4 is 10.2 Å². The van der Waals surface area contributed by atoms with Crippen LogP contribution in [0.25, 0.3) is 0 Å². The van der Waals surface area contributed by atoms with Gasteiger partial charge >= 0.3 is 0 Å². The van der Waals surface area contributed by atoms with E-state index in [2.05, 4.69) is 52.3 Å². The Balaban J connectivity index is 1.48. The normalized spacial score (nSPS) is 15.0. The van der Waals surface area contributed by atoms with E-state index in [9.17, 15) is 4.39 Å². The molecule has 0 radical (unpaired) electrons. The molecular formula is C21H24FN5. The van der Waals surface area contributed by atoms with Crippen molar-refractivity contribution in [2.24, 2.45) is 0 Å². The molecule has 0 aliphatic carbocycles. The molecule has 0 unspecified atom stereocenters. The fourth-order valence-electron chi connectivity index (χ4n) is 3.75. The summed E-state index contributed by atoms with van der Waals surface area (Å²) in [4.78, 5) is 6.44. The highest BCUT2D eigenvalue weighted by atomic mass is 19.1. The van der Waals surface area contributed by atoms with Crippen LogP contribution >= 0.6 is 0 Å². The number of nitrogens with one attached hydrogen (secondary N) is 1. The van der Waals surface area contributed by atoms with Gasteiger partial charge in [-0.3, -0.25) is 4.68 Å². The number of nitrogens with zero attached hydrogens (tertiary/aromatic N) is 4. The monoisotopic (exact) mass is 365 g/mol. The lowest BCUT2D eigenvalue weighted by Crippen LogP contribution is -2.29. The van der Waals surface area contributed by atoms with Crippen LogP contribution in [0.3, 0.4) is 0 Å². The number of halogens is 1. The second kappa shape index (κ2) is 7.02. The van der Waals surface area contributed by atoms with Crippen LogP contribution in [-0.2, 0) is 12.0 Å². The predicted molar refractivity (Wildman–Crippen MR) is 106 cm³/mol. The molecule has 1 aliphatic heterocycles. The van der Waals surface area contributed by atoms with Crippen molar-refractivity contribution in [2.45, 2.75) is 32.2 Å². The topological polar surface area (TPSA) is 46.0 Å². The van der Waals surface area contributed by atoms with Crippen LogP contribution in [0.2, 0.25) is 0 Å². The molecule has 3 aromatic rings. The Kier molecular flexibility index (Phi) is 4.56. The highest BCUT2D eigenvalue weighted by molar-refractivity contribution is 5.70. The minimum absolute atomic E-state index is 0.0864. The van der Waals surface area contributed by atoms with Crippen LogP contribution in [0.1, 0.15) is 25.8 Å². The van der Waals surface area contributed by atoms with Crippen molar-refractivity contribution in [1.82, 2.24) is 14.8 Å². The van der Waals surface area contributed by atoms with Gasteiger partial charge in [-0.25, -0.2) is 9.37 Å². The van der Waals surface area contributed by atoms with E-state index in [0.717, 1.165) is 37.4 Å². The lowest BCUT2D eigenvalue weighted by atomic mass is 9.87. The van der Waals surface area contributed by atoms with Crippen molar-refractivity contribution in [3.63, 3.8) is 0 Å². The molecule has 4 rings (SSSR count). The van der Waals surface area contributed by atoms with Crippen molar-refractivity contribution in [3.05, 3.63) is 66.5 Å². The average molecular weight is 365 g/mol. The summed E-state index contributed by atoms with van der Waals surface area (Å²) in [6.07, 6.45) is 4.35. The van der Waals surface area contributed by atoms with E-state index >= 15 is 0 Å². The summed E-state index contributed by atoms with van der Waals surface area (Å²) >= 11 is 0. The van der Waals surface area contributed by atoms with Gasteiger partial charge in [0.25, 0.3) is 0 Å². The molecule has 1 aliphatic rings. The first kappa shape index (κ1) is 17.5. The third-order valence-electron chi connectivity index (χ3n) is 5.07. The molecule has 0 saturated carbocycles. The molecule has 0 saturated heterocycles. The maximum atomic E-state index is 13.1. The van der Waals surface area contributed by atoms with Crippen molar-refractivity contribution < 1.29 is 4.39 Å². The van der Waals surface area contributed by atoms with Crippen LogP contribution in [0, 0.1) is 5.82 Å². The second-order valence-corrected chi connectivity index (χ2v) is 7.68. The number of rotatable bonds is 6. The molecule has 1 aromatic heterocycles. The van der Waals surface area contributed by atoms with Gasteiger partial charge in [-0.2, -0.15) is 5.10 Å². The summed E-state index contributed by atoms with van der Waals surface area (Å²) in [7, 11) is 0. The van der Waals surface area contributed by atoms with Crippen LogP contribution in [0.5, 0.6) is 0 Å². The Morgan fingerprint density at radius 3 is 2.59 bits per heavy atom. The summed E-state index contributed by atoms with van der Waals surface area (Å²) in [5.41, 5.74) is 4.64. The molecule has 0 fully saturated rings. The molecule has 0 amide bonds. The summed E-state index contributed by atoms with van der Waals surface area (Å²) in [5.74, 6) is -0.225. The van der Waals surface area contributed by atoms with Gasteiger partial charge < -0.3 is 10.2 Å². The fraction of sp³-hybridized carbons (Fsp3) is 0.333. The standard InChI is InChI=1S/C21H24FN5/c1-21(2)13-26(10-3-11-27-15-23-14-24-27)20-9-8-18(12-19(20)21)25-17-6-4-16(22)5-7-17/h4-9,12,14-15,25H,3,10-11,13H2,1-2H3. The third kappa shape index (κ3) is 3.79. The zero-order valence-corrected chi connectivity index (χ0v) is 15.7. The van der Waals surface area contributed by atoms with Crippen LogP contribution in [0.15, 0.2) is 55.1 Å². The molecule has 6 heteroatoms. The zero-order valence-electron chi connectivity index (χ0n) is 15.7. The van der Waals surface area contributed by atoms with Crippen molar-refractivity contribution in [2.75, 3.05) is 23.3 Å². The molecule has 2 aromatic carbocycles. The molecule has 27 heavy (non-hydrogen) atoms. The maximum Gasteiger partial charge on any atom is 0.137 e. The van der Waals surface area contributed by atoms with E-state index in [1.54, 1.807) is 24.8 Å². The van der Waals surface area contributed by atoms with E-state index in [0.29, 0.717) is 0 Å². The highest BCUT2D eigenvalue weighted by Crippen LogP contribution is 2.42. The Morgan fingerprint density at radius 2 is 1.85 bits per heavy atom. The van der Waals surface area contributed by atoms with E-state index in [-0.39, 0.29) is 11.2 Å². The Labute approximate surface area is 158 Å². The Hall–Kier alpha value is -2.89. The Morgan fingerprint density at radius 1 is 1.07 bits per heavy atom. The summed E-state index contributed by atoms with van der Waals surface area (Å²) in [6.45, 7) is 7.42. The summed E-state index contributed by atoms with van der Waals surface area (Å²) in [6, 6.07) is 12.9. The number of aromatic nitrogens is 3. The van der Waals surface area contributed by atoms with Gasteiger partial charge in [0.05, 0.1) is 0 Å². The number of fused-ring (bicyclic) bond motifs is 1. The second-order valence-electron chi connectivity index (χ2n) is 7.68. The van der Waals surface area contributed by atoms with E-state index in [1.165, 1.54) is 23.4 Å². The zero-order chi connectivity index (χ0) is 18.9. The first-order valence-corrected chi connectivity index (χ1v) is 9.26. The van der Waals surface area contributed by atoms with Gasteiger partial charge in [0.15, 0.2) is 0 Å². The molecule has 2 heterocycles.